The van der Waals surface area contributed by atoms with Crippen molar-refractivity contribution in [1.82, 2.24) is 9.88 Å². The number of pyridine rings is 1. The number of hydrogen-bond donors (Lipinski definition) is 0. The van der Waals surface area contributed by atoms with Crippen molar-refractivity contribution < 1.29 is 4.74 Å². The van der Waals surface area contributed by atoms with E-state index in [0.29, 0.717) is 0 Å². The Morgan fingerprint density at radius 2 is 1.82 bits per heavy atom. The topological polar surface area (TPSA) is 28.6 Å². The Morgan fingerprint density at radius 3 is 2.55 bits per heavy atom. The predicted octanol–water partition coefficient (Wildman–Crippen LogP) is 2.72. The third-order valence-corrected chi connectivity index (χ3v) is 4.12. The molecule has 2 heterocycles. The molecule has 1 aliphatic rings. The molecule has 3 rings (SSSR count). The Hall–Kier alpha value is -2.07. The molecule has 4 nitrogen and oxygen atoms in total. The molecule has 2 aromatic rings. The fourth-order valence-corrected chi connectivity index (χ4v) is 2.89. The standard InChI is InChI=1S/C18H23N3O/c1-15-5-3-6-16(19-15)14-20-9-11-21(12-10-20)17-7-4-8-18(13-17)22-2/h3-8,13H,9-12,14H2,1-2H3. The van der Waals surface area contributed by atoms with Gasteiger partial charge in [-0.25, -0.2) is 0 Å². The van der Waals surface area contributed by atoms with E-state index in [9.17, 15) is 0 Å². The minimum Gasteiger partial charge on any atom is -0.497 e. The summed E-state index contributed by atoms with van der Waals surface area (Å²) in [6, 6.07) is 14.5. The first-order valence-electron chi connectivity index (χ1n) is 7.78. The minimum atomic E-state index is 0.920. The highest BCUT2D eigenvalue weighted by molar-refractivity contribution is 5.51. The van der Waals surface area contributed by atoms with E-state index in [1.807, 2.05) is 19.1 Å². The average molecular weight is 297 g/mol. The zero-order valence-electron chi connectivity index (χ0n) is 13.3. The van der Waals surface area contributed by atoms with Crippen molar-refractivity contribution in [3.05, 3.63) is 53.9 Å². The molecular weight excluding hydrogens is 274 g/mol. The van der Waals surface area contributed by atoms with E-state index < -0.39 is 0 Å². The lowest BCUT2D eigenvalue weighted by Gasteiger charge is -2.36. The molecule has 0 radical (unpaired) electrons. The highest BCUT2D eigenvalue weighted by atomic mass is 16.5. The number of aryl methyl sites for hydroxylation is 1. The first-order valence-corrected chi connectivity index (χ1v) is 7.78. The van der Waals surface area contributed by atoms with Crippen molar-refractivity contribution in [2.24, 2.45) is 0 Å². The zero-order valence-corrected chi connectivity index (χ0v) is 13.3. The summed E-state index contributed by atoms with van der Waals surface area (Å²) in [5.41, 5.74) is 3.50. The highest BCUT2D eigenvalue weighted by Crippen LogP contribution is 2.22. The van der Waals surface area contributed by atoms with E-state index in [0.717, 1.165) is 49.9 Å². The second kappa shape index (κ2) is 6.79. The van der Waals surface area contributed by atoms with Crippen LogP contribution in [0.15, 0.2) is 42.5 Å². The molecule has 1 fully saturated rings. The third kappa shape index (κ3) is 3.57. The lowest BCUT2D eigenvalue weighted by atomic mass is 10.2. The Morgan fingerprint density at radius 1 is 1.05 bits per heavy atom. The zero-order chi connectivity index (χ0) is 15.4. The summed E-state index contributed by atoms with van der Waals surface area (Å²) in [5.74, 6) is 0.920. The number of rotatable bonds is 4. The molecule has 116 valence electrons. The maximum Gasteiger partial charge on any atom is 0.120 e. The first-order chi connectivity index (χ1) is 10.7. The number of anilines is 1. The molecule has 0 saturated carbocycles. The van der Waals surface area contributed by atoms with Crippen molar-refractivity contribution in [3.8, 4) is 5.75 Å². The Labute approximate surface area is 132 Å². The van der Waals surface area contributed by atoms with Crippen molar-refractivity contribution >= 4 is 5.69 Å². The van der Waals surface area contributed by atoms with Crippen molar-refractivity contribution in [3.63, 3.8) is 0 Å². The quantitative estimate of drug-likeness (QED) is 0.867. The fraction of sp³-hybridized carbons (Fsp3) is 0.389. The van der Waals surface area contributed by atoms with Gasteiger partial charge in [0, 0.05) is 50.2 Å². The number of nitrogens with zero attached hydrogens (tertiary/aromatic N) is 3. The summed E-state index contributed by atoms with van der Waals surface area (Å²) in [4.78, 5) is 9.49. The summed E-state index contributed by atoms with van der Waals surface area (Å²) in [6.45, 7) is 7.19. The van der Waals surface area contributed by atoms with Gasteiger partial charge in [-0.2, -0.15) is 0 Å². The van der Waals surface area contributed by atoms with Gasteiger partial charge in [-0.15, -0.1) is 0 Å². The van der Waals surface area contributed by atoms with E-state index in [2.05, 4.69) is 45.1 Å². The van der Waals surface area contributed by atoms with Crippen LogP contribution in [0.5, 0.6) is 5.75 Å². The van der Waals surface area contributed by atoms with Crippen LogP contribution < -0.4 is 9.64 Å². The molecule has 1 aliphatic heterocycles. The predicted molar refractivity (Wildman–Crippen MR) is 89.5 cm³/mol. The van der Waals surface area contributed by atoms with Crippen LogP contribution in [0.2, 0.25) is 0 Å². The van der Waals surface area contributed by atoms with E-state index in [-0.39, 0.29) is 0 Å². The van der Waals surface area contributed by atoms with E-state index in [1.165, 1.54) is 5.69 Å². The van der Waals surface area contributed by atoms with Gasteiger partial charge >= 0.3 is 0 Å². The van der Waals surface area contributed by atoms with Crippen LogP contribution in [0, 0.1) is 6.92 Å². The van der Waals surface area contributed by atoms with Crippen molar-refractivity contribution in [2.75, 3.05) is 38.2 Å². The molecule has 1 saturated heterocycles. The molecule has 1 aromatic heterocycles. The largest absolute Gasteiger partial charge is 0.497 e. The van der Waals surface area contributed by atoms with E-state index >= 15 is 0 Å². The number of methoxy groups -OCH3 is 1. The molecule has 0 atom stereocenters. The third-order valence-electron chi connectivity index (χ3n) is 4.12. The number of hydrogen-bond acceptors (Lipinski definition) is 4. The van der Waals surface area contributed by atoms with Crippen LogP contribution in [-0.4, -0.2) is 43.2 Å². The summed E-state index contributed by atoms with van der Waals surface area (Å²) >= 11 is 0. The Bertz CT molecular complexity index is 621. The van der Waals surface area contributed by atoms with Crippen LogP contribution in [0.1, 0.15) is 11.4 Å². The Balaban J connectivity index is 1.58. The number of benzene rings is 1. The lowest BCUT2D eigenvalue weighted by molar-refractivity contribution is 0.247. The second-order valence-electron chi connectivity index (χ2n) is 5.73. The van der Waals surface area contributed by atoms with Crippen LogP contribution in [0.4, 0.5) is 5.69 Å². The van der Waals surface area contributed by atoms with Gasteiger partial charge in [0.25, 0.3) is 0 Å². The van der Waals surface area contributed by atoms with Gasteiger partial charge in [-0.1, -0.05) is 12.1 Å². The van der Waals surface area contributed by atoms with Gasteiger partial charge in [-0.3, -0.25) is 9.88 Å². The van der Waals surface area contributed by atoms with Gasteiger partial charge in [-0.05, 0) is 31.2 Å². The van der Waals surface area contributed by atoms with Gasteiger partial charge in [0.05, 0.1) is 12.8 Å². The molecule has 4 heteroatoms. The van der Waals surface area contributed by atoms with Crippen molar-refractivity contribution in [2.45, 2.75) is 13.5 Å². The fourth-order valence-electron chi connectivity index (χ4n) is 2.89. The summed E-state index contributed by atoms with van der Waals surface area (Å²) in [6.07, 6.45) is 0. The lowest BCUT2D eigenvalue weighted by Crippen LogP contribution is -2.46. The van der Waals surface area contributed by atoms with Gasteiger partial charge in [0.1, 0.15) is 5.75 Å². The summed E-state index contributed by atoms with van der Waals surface area (Å²) in [7, 11) is 1.71. The monoisotopic (exact) mass is 297 g/mol. The van der Waals surface area contributed by atoms with Crippen LogP contribution in [0.3, 0.4) is 0 Å². The van der Waals surface area contributed by atoms with E-state index in [4.69, 9.17) is 4.74 Å². The number of piperazine rings is 1. The molecule has 0 spiro atoms. The molecule has 1 aromatic carbocycles. The molecule has 0 N–H and O–H groups in total. The smallest absolute Gasteiger partial charge is 0.120 e. The van der Waals surface area contributed by atoms with Gasteiger partial charge < -0.3 is 9.64 Å². The van der Waals surface area contributed by atoms with Crippen molar-refractivity contribution in [1.29, 1.82) is 0 Å². The molecule has 0 bridgehead atoms. The first kappa shape index (κ1) is 14.9. The maximum atomic E-state index is 5.31. The highest BCUT2D eigenvalue weighted by Gasteiger charge is 2.18. The second-order valence-corrected chi connectivity index (χ2v) is 5.73. The number of aromatic nitrogens is 1. The van der Waals surface area contributed by atoms with Gasteiger partial charge in [0.15, 0.2) is 0 Å². The summed E-state index contributed by atoms with van der Waals surface area (Å²) < 4.78 is 5.31. The Kier molecular flexibility index (Phi) is 4.59. The molecule has 0 amide bonds. The molecular formula is C18H23N3O. The minimum absolute atomic E-state index is 0.920. The maximum absolute atomic E-state index is 5.31. The normalized spacial score (nSPS) is 15.8. The van der Waals surface area contributed by atoms with Crippen LogP contribution in [-0.2, 0) is 6.54 Å². The van der Waals surface area contributed by atoms with E-state index in [1.54, 1.807) is 7.11 Å². The molecule has 0 aliphatic carbocycles. The molecule has 22 heavy (non-hydrogen) atoms. The summed E-state index contributed by atoms with van der Waals surface area (Å²) in [5, 5.41) is 0. The van der Waals surface area contributed by atoms with Crippen LogP contribution >= 0.6 is 0 Å². The average Bonchev–Trinajstić information content (AvgIpc) is 2.56. The van der Waals surface area contributed by atoms with Crippen LogP contribution in [0.25, 0.3) is 0 Å². The SMILES string of the molecule is COc1cccc(N2CCN(Cc3cccc(C)n3)CC2)c1. The number of ether oxygens (including phenoxy) is 1. The molecule has 0 unspecified atom stereocenters. The van der Waals surface area contributed by atoms with Gasteiger partial charge in [0.2, 0.25) is 0 Å².